The number of phenols is 1. The highest BCUT2D eigenvalue weighted by atomic mass is 32.1. The molecule has 0 aliphatic heterocycles. The molecule has 1 aromatic heterocycles. The summed E-state index contributed by atoms with van der Waals surface area (Å²) in [7, 11) is 0. The number of benzene rings is 1. The van der Waals surface area contributed by atoms with Crippen molar-refractivity contribution in [2.24, 2.45) is 0 Å². The number of hydrogen-bond donors (Lipinski definition) is 2. The van der Waals surface area contributed by atoms with Crippen molar-refractivity contribution in [2.45, 2.75) is 20.4 Å². The molecule has 9 heteroatoms. The van der Waals surface area contributed by atoms with E-state index in [0.29, 0.717) is 0 Å². The highest BCUT2D eigenvalue weighted by Crippen LogP contribution is 2.19. The second-order valence-electron chi connectivity index (χ2n) is 4.98. The normalized spacial score (nSPS) is 12.5. The molecule has 0 unspecified atom stereocenters. The van der Waals surface area contributed by atoms with Crippen LogP contribution in [0.2, 0.25) is 0 Å². The maximum atomic E-state index is 13.7. The van der Waals surface area contributed by atoms with E-state index in [4.69, 9.17) is 4.74 Å². The van der Waals surface area contributed by atoms with Gasteiger partial charge in [0.15, 0.2) is 5.57 Å². The van der Waals surface area contributed by atoms with Crippen LogP contribution in [0.4, 0.5) is 10.1 Å². The molecule has 0 aliphatic carbocycles. The summed E-state index contributed by atoms with van der Waals surface area (Å²) < 4.78 is 20.2. The molecule has 0 saturated carbocycles. The van der Waals surface area contributed by atoms with Gasteiger partial charge in [0.1, 0.15) is 26.8 Å². The molecule has 0 spiro atoms. The second kappa shape index (κ2) is 8.31. The number of ether oxygens (including phenoxy) is 1. The van der Waals surface area contributed by atoms with Crippen LogP contribution in [0.15, 0.2) is 23.0 Å². The molecule has 2 aromatic rings. The number of nitriles is 1. The topological polar surface area (TPSA) is 104 Å². The Kier molecular flexibility index (Phi) is 6.14. The number of aromatic nitrogens is 1. The van der Waals surface area contributed by atoms with Gasteiger partial charge in [-0.25, -0.2) is 9.18 Å². The van der Waals surface area contributed by atoms with E-state index in [-0.39, 0.29) is 39.4 Å². The predicted molar refractivity (Wildman–Crippen MR) is 95.3 cm³/mol. The molecular weight excluding hydrogens is 361 g/mol. The Morgan fingerprint density at radius 1 is 1.50 bits per heavy atom. The molecule has 0 atom stereocenters. The van der Waals surface area contributed by atoms with E-state index < -0.39 is 17.3 Å². The van der Waals surface area contributed by atoms with Gasteiger partial charge in [0.05, 0.1) is 12.3 Å². The van der Waals surface area contributed by atoms with E-state index in [1.54, 1.807) is 19.9 Å². The number of aromatic hydroxyl groups is 1. The van der Waals surface area contributed by atoms with Crippen LogP contribution < -0.4 is 20.1 Å². The van der Waals surface area contributed by atoms with Crippen molar-refractivity contribution in [3.8, 4) is 11.8 Å². The summed E-state index contributed by atoms with van der Waals surface area (Å²) in [5.41, 5.74) is -0.613. The van der Waals surface area contributed by atoms with Crippen LogP contribution in [0.3, 0.4) is 0 Å². The van der Waals surface area contributed by atoms with E-state index in [1.807, 2.05) is 0 Å². The quantitative estimate of drug-likeness (QED) is 0.592. The van der Waals surface area contributed by atoms with Crippen molar-refractivity contribution in [3.63, 3.8) is 0 Å². The van der Waals surface area contributed by atoms with E-state index in [1.165, 1.54) is 22.9 Å². The summed E-state index contributed by atoms with van der Waals surface area (Å²) >= 11 is 0.926. The van der Waals surface area contributed by atoms with E-state index in [2.05, 4.69) is 5.32 Å². The Morgan fingerprint density at radius 2 is 2.23 bits per heavy atom. The Bertz CT molecular complexity index is 1050. The summed E-state index contributed by atoms with van der Waals surface area (Å²) in [5, 5.41) is 21.1. The van der Waals surface area contributed by atoms with Gasteiger partial charge in [0.25, 0.3) is 5.56 Å². The van der Waals surface area contributed by atoms with Crippen molar-refractivity contribution < 1.29 is 19.0 Å². The van der Waals surface area contributed by atoms with Gasteiger partial charge in [-0.05, 0) is 26.0 Å². The number of phenolic OH excluding ortho intramolecular Hbond substituents is 1. The number of nitrogens with one attached hydrogen (secondary N) is 1. The van der Waals surface area contributed by atoms with Crippen LogP contribution >= 0.6 is 11.3 Å². The van der Waals surface area contributed by atoms with Gasteiger partial charge in [0, 0.05) is 18.8 Å². The molecule has 0 saturated heterocycles. The number of esters is 1. The molecule has 1 aromatic carbocycles. The molecule has 0 amide bonds. The zero-order valence-corrected chi connectivity index (χ0v) is 14.9. The Balaban J connectivity index is 2.59. The fourth-order valence-electron chi connectivity index (χ4n) is 2.14. The zero-order valence-electron chi connectivity index (χ0n) is 14.1. The Labute approximate surface area is 151 Å². The van der Waals surface area contributed by atoms with E-state index in [9.17, 15) is 24.3 Å². The number of nitrogens with zero attached hydrogens (tertiary/aromatic N) is 2. The van der Waals surface area contributed by atoms with E-state index >= 15 is 0 Å². The molecule has 2 rings (SSSR count). The summed E-state index contributed by atoms with van der Waals surface area (Å²) in [6.07, 6.45) is 1.29. The molecular formula is C17H16FN3O4S. The highest BCUT2D eigenvalue weighted by molar-refractivity contribution is 7.07. The molecule has 26 heavy (non-hydrogen) atoms. The third-order valence-corrected chi connectivity index (χ3v) is 4.47. The average molecular weight is 377 g/mol. The standard InChI is InChI=1S/C17H16FN3O4S/c1-3-21-15(23)14(9-20-13-6-5-10(22)7-12(13)18)26-16(21)11(8-19)17(24)25-4-2/h5-7,9,20,22H,3-4H2,1-2H3/b14-9+,16-11-. The number of carbonyl (C=O) groups is 1. The third kappa shape index (κ3) is 3.92. The maximum absolute atomic E-state index is 13.7. The summed E-state index contributed by atoms with van der Waals surface area (Å²) in [6.45, 7) is 3.67. The molecule has 2 N–H and O–H groups in total. The van der Waals surface area contributed by atoms with Gasteiger partial charge < -0.3 is 15.2 Å². The van der Waals surface area contributed by atoms with Crippen molar-refractivity contribution in [1.29, 1.82) is 5.26 Å². The summed E-state index contributed by atoms with van der Waals surface area (Å²) in [5.74, 6) is -1.71. The van der Waals surface area contributed by atoms with Crippen LogP contribution in [0.25, 0.3) is 11.8 Å². The summed E-state index contributed by atoms with van der Waals surface area (Å²) in [4.78, 5) is 24.4. The predicted octanol–water partition coefficient (Wildman–Crippen LogP) is 0.862. The number of rotatable bonds is 5. The van der Waals surface area contributed by atoms with Gasteiger partial charge in [-0.2, -0.15) is 5.26 Å². The lowest BCUT2D eigenvalue weighted by atomic mass is 10.3. The minimum absolute atomic E-state index is 0.0649. The molecule has 0 aliphatic rings. The van der Waals surface area contributed by atoms with Crippen LogP contribution in [-0.2, 0) is 16.1 Å². The molecule has 7 nitrogen and oxygen atoms in total. The molecule has 0 bridgehead atoms. The summed E-state index contributed by atoms with van der Waals surface area (Å²) in [6, 6.07) is 5.33. The van der Waals surface area contributed by atoms with Crippen molar-refractivity contribution in [2.75, 3.05) is 11.9 Å². The number of anilines is 1. The minimum Gasteiger partial charge on any atom is -0.508 e. The fraction of sp³-hybridized carbons (Fsp3) is 0.235. The first kappa shape index (κ1) is 19.2. The number of hydrogen-bond acceptors (Lipinski definition) is 7. The first-order valence-electron chi connectivity index (χ1n) is 7.69. The Morgan fingerprint density at radius 3 is 2.81 bits per heavy atom. The number of carbonyl (C=O) groups excluding carboxylic acids is 1. The maximum Gasteiger partial charge on any atom is 0.351 e. The lowest BCUT2D eigenvalue weighted by Gasteiger charge is -2.01. The Hall–Kier alpha value is -3.12. The smallest absolute Gasteiger partial charge is 0.351 e. The third-order valence-electron chi connectivity index (χ3n) is 3.34. The molecule has 0 radical (unpaired) electrons. The first-order chi connectivity index (χ1) is 12.4. The van der Waals surface area contributed by atoms with Crippen LogP contribution in [0.1, 0.15) is 13.8 Å². The largest absolute Gasteiger partial charge is 0.508 e. The molecule has 136 valence electrons. The SMILES string of the molecule is CCOC(=O)/C(C#N)=c1\s/c(=C/Nc2ccc(O)cc2F)c(=O)n1CC. The number of thiazole rings is 1. The fourth-order valence-corrected chi connectivity index (χ4v) is 3.22. The lowest BCUT2D eigenvalue weighted by Crippen LogP contribution is -2.32. The van der Waals surface area contributed by atoms with Crippen LogP contribution in [0.5, 0.6) is 5.75 Å². The number of halogens is 1. The molecule has 1 heterocycles. The van der Waals surface area contributed by atoms with Gasteiger partial charge >= 0.3 is 5.97 Å². The van der Waals surface area contributed by atoms with Crippen molar-refractivity contribution >= 4 is 34.8 Å². The second-order valence-corrected chi connectivity index (χ2v) is 6.01. The monoisotopic (exact) mass is 377 g/mol. The zero-order chi connectivity index (χ0) is 19.3. The minimum atomic E-state index is -0.803. The van der Waals surface area contributed by atoms with Crippen molar-refractivity contribution in [1.82, 2.24) is 4.57 Å². The first-order valence-corrected chi connectivity index (χ1v) is 8.51. The van der Waals surface area contributed by atoms with Crippen molar-refractivity contribution in [3.05, 3.63) is 43.6 Å². The molecule has 0 fully saturated rings. The lowest BCUT2D eigenvalue weighted by molar-refractivity contribution is -0.136. The highest BCUT2D eigenvalue weighted by Gasteiger charge is 2.16. The van der Waals surface area contributed by atoms with Gasteiger partial charge in [-0.15, -0.1) is 11.3 Å². The van der Waals surface area contributed by atoms with E-state index in [0.717, 1.165) is 17.4 Å². The average Bonchev–Trinajstić information content (AvgIpc) is 2.90. The van der Waals surface area contributed by atoms with Gasteiger partial charge in [0.2, 0.25) is 0 Å². The van der Waals surface area contributed by atoms with Crippen LogP contribution in [-0.4, -0.2) is 22.2 Å². The van der Waals surface area contributed by atoms with Crippen LogP contribution in [0, 0.1) is 17.1 Å². The van der Waals surface area contributed by atoms with Gasteiger partial charge in [-0.1, -0.05) is 0 Å². The van der Waals surface area contributed by atoms with Gasteiger partial charge in [-0.3, -0.25) is 9.36 Å².